The summed E-state index contributed by atoms with van der Waals surface area (Å²) in [6.07, 6.45) is 3.87. The number of aromatic amines is 1. The van der Waals surface area contributed by atoms with Crippen molar-refractivity contribution in [2.75, 3.05) is 0 Å². The summed E-state index contributed by atoms with van der Waals surface area (Å²) >= 11 is 1.58. The third kappa shape index (κ3) is 3.27. The third-order valence-electron chi connectivity index (χ3n) is 4.23. The van der Waals surface area contributed by atoms with E-state index < -0.39 is 0 Å². The molecule has 0 saturated heterocycles. The molecule has 0 aliphatic carbocycles. The molecule has 3 aromatic rings. The summed E-state index contributed by atoms with van der Waals surface area (Å²) in [5, 5.41) is 8.50. The maximum Gasteiger partial charge on any atom is 0.259 e. The minimum absolute atomic E-state index is 0.0449. The molecule has 0 radical (unpaired) electrons. The largest absolute Gasteiger partial charge is 0.309 e. The molecular formula is C17H23N5OS. The molecule has 3 aromatic heterocycles. The van der Waals surface area contributed by atoms with Gasteiger partial charge >= 0.3 is 0 Å². The van der Waals surface area contributed by atoms with Crippen LogP contribution in [0.5, 0.6) is 0 Å². The highest BCUT2D eigenvalue weighted by Crippen LogP contribution is 2.26. The predicted octanol–water partition coefficient (Wildman–Crippen LogP) is 2.85. The highest BCUT2D eigenvalue weighted by molar-refractivity contribution is 7.18. The van der Waals surface area contributed by atoms with E-state index >= 15 is 0 Å². The Labute approximate surface area is 144 Å². The fraction of sp³-hybridized carbons (Fsp3) is 0.471. The normalized spacial score (nSPS) is 14.2. The van der Waals surface area contributed by atoms with Gasteiger partial charge in [-0.3, -0.25) is 9.48 Å². The van der Waals surface area contributed by atoms with Crippen molar-refractivity contribution in [3.8, 4) is 0 Å². The van der Waals surface area contributed by atoms with Crippen LogP contribution in [-0.4, -0.2) is 25.8 Å². The topological polar surface area (TPSA) is 75.6 Å². The molecule has 128 valence electrons. The quantitative estimate of drug-likeness (QED) is 0.745. The first-order valence-corrected chi connectivity index (χ1v) is 8.92. The Bertz CT molecular complexity index is 923. The lowest BCUT2D eigenvalue weighted by Crippen LogP contribution is -2.34. The van der Waals surface area contributed by atoms with Crippen LogP contribution in [0.25, 0.3) is 10.2 Å². The van der Waals surface area contributed by atoms with Gasteiger partial charge in [-0.15, -0.1) is 11.3 Å². The highest BCUT2D eigenvalue weighted by atomic mass is 32.1. The molecule has 0 saturated carbocycles. The summed E-state index contributed by atoms with van der Waals surface area (Å²) in [6.45, 7) is 10.9. The molecular weight excluding hydrogens is 322 g/mol. The SMILES string of the molecule is Cc1cnn(C[C@H](C)N[C@@H](C)c2nc3sc(C)c(C)c3c(=O)[nH]2)c1. The zero-order chi connectivity index (χ0) is 17.4. The molecule has 3 heterocycles. The molecule has 0 aliphatic rings. The molecule has 2 atom stereocenters. The van der Waals surface area contributed by atoms with Crippen molar-refractivity contribution in [1.29, 1.82) is 0 Å². The smallest absolute Gasteiger partial charge is 0.259 e. The van der Waals surface area contributed by atoms with Crippen LogP contribution >= 0.6 is 11.3 Å². The van der Waals surface area contributed by atoms with Gasteiger partial charge in [0.2, 0.25) is 0 Å². The second kappa shape index (κ2) is 6.49. The first-order valence-electron chi connectivity index (χ1n) is 8.10. The number of hydrogen-bond acceptors (Lipinski definition) is 5. The lowest BCUT2D eigenvalue weighted by molar-refractivity contribution is 0.404. The average Bonchev–Trinajstić information content (AvgIpc) is 3.02. The van der Waals surface area contributed by atoms with E-state index in [2.05, 4.69) is 27.3 Å². The number of thiophene rings is 1. The fourth-order valence-corrected chi connectivity index (χ4v) is 3.92. The van der Waals surface area contributed by atoms with E-state index in [0.29, 0.717) is 11.2 Å². The maximum absolute atomic E-state index is 12.4. The molecule has 0 bridgehead atoms. The van der Waals surface area contributed by atoms with Crippen LogP contribution in [0, 0.1) is 20.8 Å². The van der Waals surface area contributed by atoms with Gasteiger partial charge < -0.3 is 10.3 Å². The van der Waals surface area contributed by atoms with Gasteiger partial charge in [0.15, 0.2) is 0 Å². The van der Waals surface area contributed by atoms with Crippen molar-refractivity contribution >= 4 is 21.6 Å². The number of hydrogen-bond donors (Lipinski definition) is 2. The summed E-state index contributed by atoms with van der Waals surface area (Å²) in [6, 6.07) is 0.156. The van der Waals surface area contributed by atoms with Gasteiger partial charge in [0.05, 0.1) is 24.2 Å². The van der Waals surface area contributed by atoms with Gasteiger partial charge in [0.1, 0.15) is 10.7 Å². The summed E-state index contributed by atoms with van der Waals surface area (Å²) in [5.74, 6) is 0.678. The third-order valence-corrected chi connectivity index (χ3v) is 5.33. The summed E-state index contributed by atoms with van der Waals surface area (Å²) in [5.41, 5.74) is 2.12. The van der Waals surface area contributed by atoms with Gasteiger partial charge in [0, 0.05) is 17.1 Å². The second-order valence-electron chi connectivity index (χ2n) is 6.44. The molecule has 0 amide bonds. The molecule has 24 heavy (non-hydrogen) atoms. The number of aromatic nitrogens is 4. The van der Waals surface area contributed by atoms with E-state index in [1.165, 1.54) is 0 Å². The van der Waals surface area contributed by atoms with E-state index in [0.717, 1.165) is 27.4 Å². The van der Waals surface area contributed by atoms with Crippen LogP contribution in [0.15, 0.2) is 17.2 Å². The molecule has 6 nitrogen and oxygen atoms in total. The van der Waals surface area contributed by atoms with Crippen molar-refractivity contribution in [1.82, 2.24) is 25.1 Å². The Hall–Kier alpha value is -1.99. The zero-order valence-corrected chi connectivity index (χ0v) is 15.5. The molecule has 0 aromatic carbocycles. The van der Waals surface area contributed by atoms with E-state index in [1.807, 2.05) is 44.8 Å². The van der Waals surface area contributed by atoms with Gasteiger partial charge in [-0.05, 0) is 45.7 Å². The molecule has 0 unspecified atom stereocenters. The second-order valence-corrected chi connectivity index (χ2v) is 7.65. The molecule has 3 rings (SSSR count). The summed E-state index contributed by atoms with van der Waals surface area (Å²) in [7, 11) is 0. The lowest BCUT2D eigenvalue weighted by atomic mass is 10.2. The fourth-order valence-electron chi connectivity index (χ4n) is 2.88. The van der Waals surface area contributed by atoms with E-state index in [-0.39, 0.29) is 17.6 Å². The van der Waals surface area contributed by atoms with Crippen LogP contribution in [0.3, 0.4) is 0 Å². The number of aryl methyl sites for hydroxylation is 3. The minimum Gasteiger partial charge on any atom is -0.309 e. The Kier molecular flexibility index (Phi) is 4.56. The standard InChI is InChI=1S/C17H23N5OS/c1-9-6-18-22(7-9)8-10(2)19-12(4)15-20-16(23)14-11(3)13(5)24-17(14)21-15/h6-7,10,12,19H,8H2,1-5H3,(H,20,21,23)/t10-,12-/m0/s1. The summed E-state index contributed by atoms with van der Waals surface area (Å²) in [4.78, 5) is 21.9. The Morgan fingerprint density at radius 1 is 1.33 bits per heavy atom. The number of rotatable bonds is 5. The molecule has 0 fully saturated rings. The van der Waals surface area contributed by atoms with Crippen molar-refractivity contribution in [2.24, 2.45) is 0 Å². The van der Waals surface area contributed by atoms with Crippen LogP contribution in [-0.2, 0) is 6.54 Å². The predicted molar refractivity (Wildman–Crippen MR) is 97.7 cm³/mol. The Morgan fingerprint density at radius 2 is 2.08 bits per heavy atom. The minimum atomic E-state index is -0.0548. The van der Waals surface area contributed by atoms with Gasteiger partial charge in [0.25, 0.3) is 5.56 Å². The number of H-pyrrole nitrogens is 1. The molecule has 7 heteroatoms. The maximum atomic E-state index is 12.4. The van der Waals surface area contributed by atoms with Crippen molar-refractivity contribution in [2.45, 2.75) is 53.2 Å². The van der Waals surface area contributed by atoms with E-state index in [9.17, 15) is 4.79 Å². The Morgan fingerprint density at radius 3 is 2.75 bits per heavy atom. The average molecular weight is 345 g/mol. The molecule has 2 N–H and O–H groups in total. The van der Waals surface area contributed by atoms with E-state index in [4.69, 9.17) is 0 Å². The van der Waals surface area contributed by atoms with Crippen LogP contribution in [0.2, 0.25) is 0 Å². The molecule has 0 aliphatic heterocycles. The van der Waals surface area contributed by atoms with Crippen LogP contribution in [0.4, 0.5) is 0 Å². The van der Waals surface area contributed by atoms with Crippen molar-refractivity contribution in [3.63, 3.8) is 0 Å². The van der Waals surface area contributed by atoms with E-state index in [1.54, 1.807) is 11.3 Å². The lowest BCUT2D eigenvalue weighted by Gasteiger charge is -2.19. The van der Waals surface area contributed by atoms with Crippen LogP contribution in [0.1, 0.15) is 41.7 Å². The first-order chi connectivity index (χ1) is 11.3. The van der Waals surface area contributed by atoms with Gasteiger partial charge in [-0.25, -0.2) is 4.98 Å². The van der Waals surface area contributed by atoms with Gasteiger partial charge in [-0.2, -0.15) is 5.10 Å². The van der Waals surface area contributed by atoms with Crippen molar-refractivity contribution in [3.05, 3.63) is 44.6 Å². The molecule has 0 spiro atoms. The number of nitrogens with zero attached hydrogens (tertiary/aromatic N) is 3. The van der Waals surface area contributed by atoms with Crippen LogP contribution < -0.4 is 10.9 Å². The number of fused-ring (bicyclic) bond motifs is 1. The van der Waals surface area contributed by atoms with Crippen molar-refractivity contribution < 1.29 is 0 Å². The Balaban J connectivity index is 1.78. The highest BCUT2D eigenvalue weighted by Gasteiger charge is 2.16. The summed E-state index contributed by atoms with van der Waals surface area (Å²) < 4.78 is 1.92. The monoisotopic (exact) mass is 345 g/mol. The zero-order valence-electron chi connectivity index (χ0n) is 14.7. The number of nitrogens with one attached hydrogen (secondary N) is 2. The first kappa shape index (κ1) is 16.9. The van der Waals surface area contributed by atoms with Gasteiger partial charge in [-0.1, -0.05) is 0 Å².